The molecular weight excluding hydrogens is 640 g/mol. The summed E-state index contributed by atoms with van der Waals surface area (Å²) in [6.07, 6.45) is 0. The Bertz CT molecular complexity index is 2130. The van der Waals surface area contributed by atoms with E-state index in [4.69, 9.17) is 0 Å². The van der Waals surface area contributed by atoms with Crippen LogP contribution in [-0.2, 0) is 20.2 Å². The third-order valence-electron chi connectivity index (χ3n) is 6.23. The number of nitrogens with one attached hydrogen (secondary N) is 1. The first-order valence-corrected chi connectivity index (χ1v) is 15.3. The number of nitrogens with zero attached hydrogens (tertiary/aromatic N) is 4. The van der Waals surface area contributed by atoms with E-state index in [2.05, 4.69) is 25.8 Å². The Hall–Kier alpha value is -3.02. The zero-order valence-corrected chi connectivity index (χ0v) is 29.9. The SMILES string of the molecule is Cc1cc(N=Nc2c(S(=O)(=O)[O-])cc3ccc(Nc4ccccc4)cc3c2O)ccc1N=Nc1ccc(S(=O)(=O)[O-])cc1.[Na+].[Na+]. The predicted molar refractivity (Wildman–Crippen MR) is 157 cm³/mol. The van der Waals surface area contributed by atoms with Crippen LogP contribution in [0.3, 0.4) is 0 Å². The summed E-state index contributed by atoms with van der Waals surface area (Å²) in [6, 6.07) is 24.9. The number of aryl methyl sites for hydroxylation is 1. The van der Waals surface area contributed by atoms with Gasteiger partial charge in [0.2, 0.25) is 0 Å². The number of anilines is 2. The normalized spacial score (nSPS) is 11.8. The van der Waals surface area contributed by atoms with Crippen LogP contribution in [0.2, 0.25) is 0 Å². The smallest absolute Gasteiger partial charge is 0.744 e. The largest absolute Gasteiger partial charge is 1.00 e. The molecule has 0 spiro atoms. The van der Waals surface area contributed by atoms with Gasteiger partial charge in [-0.2, -0.15) is 15.3 Å². The summed E-state index contributed by atoms with van der Waals surface area (Å²) in [5, 5.41) is 30.9. The summed E-state index contributed by atoms with van der Waals surface area (Å²) >= 11 is 0. The molecule has 16 heteroatoms. The predicted octanol–water partition coefficient (Wildman–Crippen LogP) is 1.24. The molecule has 0 aliphatic rings. The van der Waals surface area contributed by atoms with Crippen molar-refractivity contribution in [2.75, 3.05) is 5.32 Å². The van der Waals surface area contributed by atoms with Crippen molar-refractivity contribution < 1.29 is 90.2 Å². The average molecular weight is 662 g/mol. The fraction of sp³-hybridized carbons (Fsp3) is 0.0345. The Morgan fingerprint density at radius 3 is 1.93 bits per heavy atom. The van der Waals surface area contributed by atoms with Crippen molar-refractivity contribution in [3.8, 4) is 5.75 Å². The number of fused-ring (bicyclic) bond motifs is 1. The van der Waals surface area contributed by atoms with Crippen molar-refractivity contribution in [1.29, 1.82) is 0 Å². The van der Waals surface area contributed by atoms with Crippen LogP contribution in [0, 0.1) is 6.92 Å². The van der Waals surface area contributed by atoms with E-state index in [0.717, 1.165) is 23.9 Å². The molecule has 5 rings (SSSR count). The molecule has 0 aromatic heterocycles. The first-order valence-electron chi connectivity index (χ1n) is 12.5. The minimum absolute atomic E-state index is 0. The molecule has 0 saturated carbocycles. The number of phenols is 1. The average Bonchev–Trinajstić information content (AvgIpc) is 2.96. The molecule has 0 amide bonds. The van der Waals surface area contributed by atoms with Crippen molar-refractivity contribution in [2.24, 2.45) is 20.5 Å². The summed E-state index contributed by atoms with van der Waals surface area (Å²) < 4.78 is 69.5. The molecule has 2 N–H and O–H groups in total. The molecule has 5 aromatic rings. The van der Waals surface area contributed by atoms with Crippen LogP contribution in [-0.4, -0.2) is 31.0 Å². The number of para-hydroxylation sites is 1. The van der Waals surface area contributed by atoms with E-state index >= 15 is 0 Å². The van der Waals surface area contributed by atoms with E-state index in [0.29, 0.717) is 28.0 Å². The van der Waals surface area contributed by atoms with Crippen LogP contribution in [0.5, 0.6) is 5.75 Å². The van der Waals surface area contributed by atoms with Crippen molar-refractivity contribution in [3.63, 3.8) is 0 Å². The molecule has 0 fully saturated rings. The van der Waals surface area contributed by atoms with E-state index in [9.17, 15) is 31.0 Å². The van der Waals surface area contributed by atoms with E-state index < -0.39 is 36.6 Å². The maximum atomic E-state index is 12.1. The Kier molecular flexibility index (Phi) is 12.2. The van der Waals surface area contributed by atoms with Crippen molar-refractivity contribution in [3.05, 3.63) is 103 Å². The van der Waals surface area contributed by atoms with E-state index in [1.54, 1.807) is 37.3 Å². The van der Waals surface area contributed by atoms with Gasteiger partial charge in [-0.15, -0.1) is 5.11 Å². The molecule has 5 aromatic carbocycles. The number of hydrogen-bond acceptors (Lipinski definition) is 12. The van der Waals surface area contributed by atoms with Crippen LogP contribution in [0.15, 0.2) is 127 Å². The second kappa shape index (κ2) is 15.0. The Morgan fingerprint density at radius 2 is 1.31 bits per heavy atom. The van der Waals surface area contributed by atoms with Gasteiger partial charge in [0.1, 0.15) is 25.9 Å². The first-order chi connectivity index (χ1) is 20.4. The van der Waals surface area contributed by atoms with Gasteiger partial charge in [-0.3, -0.25) is 0 Å². The number of benzene rings is 5. The number of azo groups is 2. The van der Waals surface area contributed by atoms with Crippen LogP contribution in [0.4, 0.5) is 34.1 Å². The Labute approximate surface area is 303 Å². The third kappa shape index (κ3) is 9.04. The van der Waals surface area contributed by atoms with Crippen LogP contribution in [0.1, 0.15) is 5.56 Å². The van der Waals surface area contributed by atoms with E-state index in [1.807, 2.05) is 30.3 Å². The second-order valence-corrected chi connectivity index (χ2v) is 12.0. The maximum absolute atomic E-state index is 12.1. The van der Waals surface area contributed by atoms with Gasteiger partial charge in [0.05, 0.1) is 26.9 Å². The van der Waals surface area contributed by atoms with Crippen molar-refractivity contribution in [1.82, 2.24) is 0 Å². The molecule has 0 saturated heterocycles. The molecule has 218 valence electrons. The first kappa shape index (κ1) is 36.4. The van der Waals surface area contributed by atoms with Gasteiger partial charge < -0.3 is 19.5 Å². The fourth-order valence-corrected chi connectivity index (χ4v) is 5.22. The molecule has 0 aliphatic carbocycles. The zero-order chi connectivity index (χ0) is 30.8. The second-order valence-electron chi connectivity index (χ2n) is 9.27. The van der Waals surface area contributed by atoms with Gasteiger partial charge >= 0.3 is 59.1 Å². The standard InChI is InChI=1S/C29H23N5O7S2.2Na/c1-18-15-23(11-14-26(18)33-31-21-9-12-24(13-10-21)42(36,37)38)32-34-28-27(43(39,40)41)16-19-7-8-22(17-25(19)29(28)35)30-20-5-3-2-4-6-20;;/h2-17,30,35H,1H3,(H,36,37,38)(H,39,40,41);;/q;2*+1/p-2. The summed E-state index contributed by atoms with van der Waals surface area (Å²) in [7, 11) is -9.60. The molecular formula is C29H21N5Na2O7S2. The van der Waals surface area contributed by atoms with Gasteiger partial charge in [-0.1, -0.05) is 24.3 Å². The van der Waals surface area contributed by atoms with Crippen LogP contribution >= 0.6 is 0 Å². The molecule has 0 aliphatic heterocycles. The maximum Gasteiger partial charge on any atom is 1.00 e. The van der Waals surface area contributed by atoms with Gasteiger partial charge in [0.25, 0.3) is 0 Å². The van der Waals surface area contributed by atoms with Crippen LogP contribution in [0.25, 0.3) is 10.8 Å². The molecule has 0 atom stereocenters. The zero-order valence-electron chi connectivity index (χ0n) is 24.2. The van der Waals surface area contributed by atoms with Gasteiger partial charge in [0, 0.05) is 16.8 Å². The van der Waals surface area contributed by atoms with Gasteiger partial charge in [-0.25, -0.2) is 16.8 Å². The summed E-state index contributed by atoms with van der Waals surface area (Å²) in [4.78, 5) is -1.10. The van der Waals surface area contributed by atoms with Crippen LogP contribution < -0.4 is 64.4 Å². The van der Waals surface area contributed by atoms with E-state index in [1.165, 1.54) is 18.2 Å². The third-order valence-corrected chi connectivity index (χ3v) is 7.93. The number of rotatable bonds is 8. The summed E-state index contributed by atoms with van der Waals surface area (Å²) in [5.41, 5.74) is 2.55. The van der Waals surface area contributed by atoms with Crippen molar-refractivity contribution >= 4 is 65.1 Å². The monoisotopic (exact) mass is 661 g/mol. The molecule has 12 nitrogen and oxygen atoms in total. The summed E-state index contributed by atoms with van der Waals surface area (Å²) in [5.74, 6) is -0.523. The Balaban J connectivity index is 0.00000276. The minimum atomic E-state index is -5.03. The number of aromatic hydroxyl groups is 1. The minimum Gasteiger partial charge on any atom is -0.744 e. The molecule has 0 bridgehead atoms. The number of phenolic OH excluding ortho intramolecular Hbond substituents is 1. The molecule has 0 radical (unpaired) electrons. The molecule has 0 heterocycles. The topological polar surface area (TPSA) is 196 Å². The van der Waals surface area contributed by atoms with Gasteiger partial charge in [0.15, 0.2) is 5.75 Å². The molecule has 45 heavy (non-hydrogen) atoms. The summed E-state index contributed by atoms with van der Waals surface area (Å²) in [6.45, 7) is 1.71. The van der Waals surface area contributed by atoms with E-state index in [-0.39, 0.29) is 75.1 Å². The van der Waals surface area contributed by atoms with Gasteiger partial charge in [-0.05, 0) is 90.7 Å². The number of hydrogen-bond donors (Lipinski definition) is 2. The molecule has 0 unspecified atom stereocenters. The fourth-order valence-electron chi connectivity index (χ4n) is 4.11. The van der Waals surface area contributed by atoms with Crippen molar-refractivity contribution in [2.45, 2.75) is 16.7 Å². The Morgan fingerprint density at radius 1 is 0.667 bits per heavy atom. The quantitative estimate of drug-likeness (QED) is 0.141.